The molecule has 10 atom stereocenters. The Morgan fingerprint density at radius 3 is 2.55 bits per heavy atom. The summed E-state index contributed by atoms with van der Waals surface area (Å²) in [7, 11) is 0. The number of hydrogen-bond acceptors (Lipinski definition) is 9. The fraction of sp³-hybridized carbons (Fsp3) is 0.759. The van der Waals surface area contributed by atoms with Gasteiger partial charge in [-0.1, -0.05) is 19.9 Å². The minimum Gasteiger partial charge on any atom is -0.434 e. The van der Waals surface area contributed by atoms with Crippen LogP contribution in [0, 0.1) is 22.7 Å². The van der Waals surface area contributed by atoms with Crippen LogP contribution in [0.15, 0.2) is 23.8 Å². The first-order valence-corrected chi connectivity index (χ1v) is 13.9. The summed E-state index contributed by atoms with van der Waals surface area (Å²) in [6, 6.07) is 0. The average molecular weight is 569 g/mol. The Bertz CT molecular complexity index is 1170. The lowest BCUT2D eigenvalue weighted by Gasteiger charge is -2.63. The van der Waals surface area contributed by atoms with E-state index in [2.05, 4.69) is 0 Å². The largest absolute Gasteiger partial charge is 0.511 e. The zero-order valence-electron chi connectivity index (χ0n) is 23.7. The molecule has 40 heavy (non-hydrogen) atoms. The van der Waals surface area contributed by atoms with Crippen LogP contribution in [0.25, 0.3) is 0 Å². The summed E-state index contributed by atoms with van der Waals surface area (Å²) >= 11 is 0. The molecule has 1 unspecified atom stereocenters. The van der Waals surface area contributed by atoms with E-state index in [1.54, 1.807) is 20.8 Å². The first-order chi connectivity index (χ1) is 18.6. The molecular formula is C29H38F2O9. The molecule has 0 aromatic heterocycles. The Balaban J connectivity index is 1.51. The standard InChI is InChI=1S/C29H38F2O9/c1-7-10-36-24(35)38-15(2)37-23(34)29-22(39-25(3,4)40-29)13-17-18-12-20(30)19-11-16(32)8-9-26(19,5)28(18,31)21(33)14-27(17,29)6/h8-9,11,15,17-18,20-22,33H,7,10,12-14H2,1-6H3/t15?,17-,18-,20-,21-,22+,26-,27-,28-,29-/m0/s1. The number of esters is 1. The number of aliphatic hydroxyl groups excluding tert-OH is 1. The average Bonchev–Trinajstić information content (AvgIpc) is 3.27. The van der Waals surface area contributed by atoms with Gasteiger partial charge in [0.2, 0.25) is 6.29 Å². The number of hydrogen-bond donors (Lipinski definition) is 1. The number of fused-ring (bicyclic) bond motifs is 7. The van der Waals surface area contributed by atoms with Crippen LogP contribution in [-0.2, 0) is 33.3 Å². The lowest BCUT2D eigenvalue weighted by molar-refractivity contribution is -0.260. The van der Waals surface area contributed by atoms with Crippen molar-refractivity contribution in [2.75, 3.05) is 6.61 Å². The Kier molecular flexibility index (Phi) is 6.79. The van der Waals surface area contributed by atoms with E-state index in [1.165, 1.54) is 26.0 Å². The molecule has 4 aliphatic carbocycles. The van der Waals surface area contributed by atoms with Crippen LogP contribution >= 0.6 is 0 Å². The third kappa shape index (κ3) is 3.83. The van der Waals surface area contributed by atoms with E-state index in [1.807, 2.05) is 6.92 Å². The van der Waals surface area contributed by atoms with Crippen molar-refractivity contribution in [1.29, 1.82) is 0 Å². The van der Waals surface area contributed by atoms with Crippen LogP contribution in [0.2, 0.25) is 0 Å². The summed E-state index contributed by atoms with van der Waals surface area (Å²) in [5, 5.41) is 11.6. The molecule has 0 aromatic carbocycles. The van der Waals surface area contributed by atoms with E-state index in [-0.39, 0.29) is 31.4 Å². The van der Waals surface area contributed by atoms with E-state index >= 15 is 8.78 Å². The summed E-state index contributed by atoms with van der Waals surface area (Å²) in [5.74, 6) is -4.21. The Hall–Kier alpha value is -2.37. The maximum absolute atomic E-state index is 17.5. The third-order valence-corrected chi connectivity index (χ3v) is 9.88. The highest BCUT2D eigenvalue weighted by Crippen LogP contribution is 2.72. The second-order valence-electron chi connectivity index (χ2n) is 12.6. The van der Waals surface area contributed by atoms with Gasteiger partial charge in [0.05, 0.1) is 12.7 Å². The van der Waals surface area contributed by atoms with Gasteiger partial charge in [0.1, 0.15) is 12.3 Å². The van der Waals surface area contributed by atoms with Crippen LogP contribution in [-0.4, -0.2) is 71.3 Å². The van der Waals surface area contributed by atoms with Gasteiger partial charge >= 0.3 is 12.1 Å². The highest BCUT2D eigenvalue weighted by molar-refractivity contribution is 6.01. The third-order valence-electron chi connectivity index (χ3n) is 9.88. The molecule has 0 amide bonds. The second kappa shape index (κ2) is 9.32. The van der Waals surface area contributed by atoms with Crippen LogP contribution in [0.1, 0.15) is 67.2 Å². The number of alkyl halides is 2. The minimum absolute atomic E-state index is 0.0169. The molecule has 1 saturated heterocycles. The molecule has 4 fully saturated rings. The molecule has 0 spiro atoms. The van der Waals surface area contributed by atoms with E-state index in [9.17, 15) is 19.5 Å². The summed E-state index contributed by atoms with van der Waals surface area (Å²) in [6.07, 6.45) is -2.55. The summed E-state index contributed by atoms with van der Waals surface area (Å²) in [6.45, 7) is 9.81. The quantitative estimate of drug-likeness (QED) is 0.384. The van der Waals surface area contributed by atoms with E-state index in [0.29, 0.717) is 6.42 Å². The van der Waals surface area contributed by atoms with Gasteiger partial charge in [0, 0.05) is 23.7 Å². The smallest absolute Gasteiger partial charge is 0.434 e. The predicted molar refractivity (Wildman–Crippen MR) is 135 cm³/mol. The summed E-state index contributed by atoms with van der Waals surface area (Å²) in [5.41, 5.74) is -6.89. The Morgan fingerprint density at radius 1 is 1.18 bits per heavy atom. The fourth-order valence-corrected chi connectivity index (χ4v) is 8.27. The van der Waals surface area contributed by atoms with Gasteiger partial charge in [-0.05, 0) is 70.1 Å². The van der Waals surface area contributed by atoms with Crippen molar-refractivity contribution in [3.05, 3.63) is 23.8 Å². The van der Waals surface area contributed by atoms with Gasteiger partial charge in [-0.2, -0.15) is 0 Å². The zero-order valence-corrected chi connectivity index (χ0v) is 23.7. The number of aliphatic hydroxyl groups is 1. The Morgan fingerprint density at radius 2 is 1.88 bits per heavy atom. The first kappa shape index (κ1) is 29.1. The predicted octanol–water partition coefficient (Wildman–Crippen LogP) is 4.26. The van der Waals surface area contributed by atoms with Crippen LogP contribution < -0.4 is 0 Å². The van der Waals surface area contributed by atoms with Crippen molar-refractivity contribution in [2.45, 2.75) is 109 Å². The van der Waals surface area contributed by atoms with Gasteiger partial charge in [0.25, 0.3) is 0 Å². The van der Waals surface area contributed by atoms with Gasteiger partial charge < -0.3 is 28.8 Å². The molecule has 9 nitrogen and oxygen atoms in total. The Labute approximate surface area is 232 Å². The maximum Gasteiger partial charge on any atom is 0.511 e. The van der Waals surface area contributed by atoms with Crippen LogP contribution in [0.3, 0.4) is 0 Å². The molecule has 11 heteroatoms. The van der Waals surface area contributed by atoms with Crippen LogP contribution in [0.5, 0.6) is 0 Å². The van der Waals surface area contributed by atoms with Crippen molar-refractivity contribution in [1.82, 2.24) is 0 Å². The molecule has 3 saturated carbocycles. The van der Waals surface area contributed by atoms with E-state index in [0.717, 1.165) is 6.08 Å². The van der Waals surface area contributed by atoms with Crippen LogP contribution in [0.4, 0.5) is 13.6 Å². The van der Waals surface area contributed by atoms with Crippen molar-refractivity contribution in [2.24, 2.45) is 22.7 Å². The first-order valence-electron chi connectivity index (χ1n) is 13.9. The van der Waals surface area contributed by atoms with Gasteiger partial charge in [-0.3, -0.25) is 4.79 Å². The lowest BCUT2D eigenvalue weighted by Crippen LogP contribution is -2.71. The monoisotopic (exact) mass is 568 g/mol. The number of allylic oxidation sites excluding steroid dienone is 4. The van der Waals surface area contributed by atoms with E-state index < -0.39 is 82.3 Å². The molecule has 0 bridgehead atoms. The number of rotatable bonds is 5. The molecule has 1 heterocycles. The topological polar surface area (TPSA) is 118 Å². The molecule has 5 rings (SSSR count). The molecular weight excluding hydrogens is 530 g/mol. The van der Waals surface area contributed by atoms with Crippen molar-refractivity contribution in [3.8, 4) is 0 Å². The highest BCUT2D eigenvalue weighted by Gasteiger charge is 2.81. The number of ether oxygens (including phenoxy) is 5. The summed E-state index contributed by atoms with van der Waals surface area (Å²) < 4.78 is 61.2. The normalized spacial score (nSPS) is 45.4. The molecule has 0 aromatic rings. The van der Waals surface area contributed by atoms with Gasteiger partial charge in [0.15, 0.2) is 22.8 Å². The van der Waals surface area contributed by atoms with Crippen molar-refractivity contribution in [3.63, 3.8) is 0 Å². The maximum atomic E-state index is 17.5. The number of carbonyl (C=O) groups excluding carboxylic acids is 3. The fourth-order valence-electron chi connectivity index (χ4n) is 8.27. The zero-order chi connectivity index (χ0) is 29.5. The minimum atomic E-state index is -2.32. The number of ketones is 1. The SMILES string of the molecule is CCCOC(=O)OC(C)OC(=O)[C@@]12OC(C)(C)O[C@@H]1C[C@H]1[C@@H]3C[C@H](F)C4=CC(=O)C=C[C@]4(C)[C@@]3(F)[C@@H](O)C[C@@]12C. The van der Waals surface area contributed by atoms with E-state index in [4.69, 9.17) is 23.7 Å². The molecule has 1 aliphatic heterocycles. The summed E-state index contributed by atoms with van der Waals surface area (Å²) in [4.78, 5) is 38.0. The second-order valence-corrected chi connectivity index (χ2v) is 12.6. The molecule has 0 radical (unpaired) electrons. The number of carbonyl (C=O) groups is 3. The lowest BCUT2D eigenvalue weighted by atomic mass is 9.44. The highest BCUT2D eigenvalue weighted by atomic mass is 19.1. The molecule has 5 aliphatic rings. The number of halogens is 2. The molecule has 222 valence electrons. The molecule has 1 N–H and O–H groups in total. The van der Waals surface area contributed by atoms with Gasteiger partial charge in [-0.25, -0.2) is 18.4 Å². The van der Waals surface area contributed by atoms with Crippen molar-refractivity contribution >= 4 is 17.9 Å². The van der Waals surface area contributed by atoms with Gasteiger partial charge in [-0.15, -0.1) is 0 Å². The van der Waals surface area contributed by atoms with Crippen molar-refractivity contribution < 1.29 is 52.0 Å².